The first-order valence-corrected chi connectivity index (χ1v) is 7.68. The number of carbonyl (C=O) groups excluding carboxylic acids is 1. The number of rotatable bonds is 6. The molecule has 1 aromatic heterocycles. The number of nitrogens with zero attached hydrogens (tertiary/aromatic N) is 2. The summed E-state index contributed by atoms with van der Waals surface area (Å²) in [6.07, 6.45) is 0. The molecule has 1 atom stereocenters. The number of aromatic nitrogens is 2. The van der Waals surface area contributed by atoms with Crippen molar-refractivity contribution in [3.63, 3.8) is 0 Å². The van der Waals surface area contributed by atoms with Gasteiger partial charge in [0.2, 0.25) is 5.13 Å². The van der Waals surface area contributed by atoms with E-state index in [0.717, 1.165) is 18.5 Å². The second-order valence-corrected chi connectivity index (χ2v) is 5.91. The Labute approximate surface area is 145 Å². The molecule has 2 aromatic rings. The van der Waals surface area contributed by atoms with Crippen LogP contribution < -0.4 is 15.4 Å². The minimum atomic E-state index is -2.09. The molecule has 1 unspecified atom stereocenters. The van der Waals surface area contributed by atoms with E-state index in [2.05, 4.69) is 20.0 Å². The topological polar surface area (TPSA) is 134 Å². The number of hydrogen-bond donors (Lipinski definition) is 4. The SMILES string of the molecule is COc1ccc(-c2nsc(NC(=O)NCC(C)(O)C(=O)O)n2)cc1F. The van der Waals surface area contributed by atoms with Crippen LogP contribution in [0.2, 0.25) is 0 Å². The number of carboxylic acid groups (broad SMARTS) is 1. The van der Waals surface area contributed by atoms with Gasteiger partial charge in [-0.2, -0.15) is 9.36 Å². The summed E-state index contributed by atoms with van der Waals surface area (Å²) >= 11 is 0.863. The van der Waals surface area contributed by atoms with Crippen LogP contribution in [0, 0.1) is 5.82 Å². The van der Waals surface area contributed by atoms with Crippen molar-refractivity contribution in [2.24, 2.45) is 0 Å². The monoisotopic (exact) mass is 370 g/mol. The summed E-state index contributed by atoms with van der Waals surface area (Å²) in [6.45, 7) is 0.556. The molecule has 0 spiro atoms. The second-order valence-electron chi connectivity index (χ2n) is 5.16. The van der Waals surface area contributed by atoms with Crippen molar-refractivity contribution < 1.29 is 28.9 Å². The number of hydrogen-bond acceptors (Lipinski definition) is 7. The van der Waals surface area contributed by atoms with Gasteiger partial charge >= 0.3 is 12.0 Å². The van der Waals surface area contributed by atoms with Crippen LogP contribution in [0.5, 0.6) is 5.75 Å². The molecule has 0 aliphatic heterocycles. The number of carboxylic acids is 1. The zero-order valence-corrected chi connectivity index (χ0v) is 14.1. The molecule has 11 heteroatoms. The largest absolute Gasteiger partial charge is 0.494 e. The van der Waals surface area contributed by atoms with Crippen LogP contribution in [0.1, 0.15) is 6.92 Å². The van der Waals surface area contributed by atoms with Gasteiger partial charge in [0.25, 0.3) is 0 Å². The third-order valence-corrected chi connectivity index (χ3v) is 3.74. The van der Waals surface area contributed by atoms with E-state index < -0.39 is 30.0 Å². The van der Waals surface area contributed by atoms with E-state index in [9.17, 15) is 19.1 Å². The maximum atomic E-state index is 13.7. The Kier molecular flexibility index (Phi) is 5.49. The Balaban J connectivity index is 2.00. The third-order valence-electron chi connectivity index (χ3n) is 3.11. The summed E-state index contributed by atoms with van der Waals surface area (Å²) in [5.41, 5.74) is -1.69. The lowest BCUT2D eigenvalue weighted by atomic mass is 10.1. The average Bonchev–Trinajstić information content (AvgIpc) is 3.01. The minimum Gasteiger partial charge on any atom is -0.494 e. The number of halogens is 1. The first-order valence-electron chi connectivity index (χ1n) is 6.91. The van der Waals surface area contributed by atoms with Crippen molar-refractivity contribution in [1.29, 1.82) is 0 Å². The quantitative estimate of drug-likeness (QED) is 0.602. The average molecular weight is 370 g/mol. The van der Waals surface area contributed by atoms with E-state index in [1.165, 1.54) is 19.2 Å². The highest BCUT2D eigenvalue weighted by molar-refractivity contribution is 7.10. The van der Waals surface area contributed by atoms with Crippen LogP contribution in [0.15, 0.2) is 18.2 Å². The van der Waals surface area contributed by atoms with E-state index in [0.29, 0.717) is 5.56 Å². The van der Waals surface area contributed by atoms with E-state index in [-0.39, 0.29) is 16.7 Å². The van der Waals surface area contributed by atoms with Gasteiger partial charge in [0.1, 0.15) is 0 Å². The number of nitrogens with one attached hydrogen (secondary N) is 2. The summed E-state index contributed by atoms with van der Waals surface area (Å²) in [4.78, 5) is 26.5. The molecule has 0 fully saturated rings. The number of ether oxygens (including phenoxy) is 1. The molecule has 4 N–H and O–H groups in total. The lowest BCUT2D eigenvalue weighted by Crippen LogP contribution is -2.47. The number of anilines is 1. The fourth-order valence-electron chi connectivity index (χ4n) is 1.67. The van der Waals surface area contributed by atoms with E-state index in [1.54, 1.807) is 6.07 Å². The van der Waals surface area contributed by atoms with E-state index in [1.807, 2.05) is 0 Å². The Morgan fingerprint density at radius 1 is 1.44 bits per heavy atom. The number of aliphatic carboxylic acids is 1. The minimum absolute atomic E-state index is 0.0854. The Bertz CT molecular complexity index is 795. The molecular formula is C14H15FN4O5S. The predicted molar refractivity (Wildman–Crippen MR) is 87.1 cm³/mol. The normalized spacial score (nSPS) is 13.0. The van der Waals surface area contributed by atoms with Crippen LogP contribution in [0.4, 0.5) is 14.3 Å². The maximum Gasteiger partial charge on any atom is 0.337 e. The lowest BCUT2D eigenvalue weighted by Gasteiger charge is -2.17. The van der Waals surface area contributed by atoms with Crippen molar-refractivity contribution in [2.45, 2.75) is 12.5 Å². The van der Waals surface area contributed by atoms with Gasteiger partial charge < -0.3 is 20.3 Å². The molecule has 0 saturated heterocycles. The lowest BCUT2D eigenvalue weighted by molar-refractivity contribution is -0.155. The molecule has 0 saturated carbocycles. The molecule has 0 aliphatic carbocycles. The predicted octanol–water partition coefficient (Wildman–Crippen LogP) is 1.31. The molecule has 2 rings (SSSR count). The molecule has 1 aromatic carbocycles. The number of methoxy groups -OCH3 is 1. The van der Waals surface area contributed by atoms with Gasteiger partial charge in [0.15, 0.2) is 23.0 Å². The summed E-state index contributed by atoms with van der Waals surface area (Å²) in [5.74, 6) is -1.74. The number of amides is 2. The van der Waals surface area contributed by atoms with Gasteiger partial charge in [0.05, 0.1) is 13.7 Å². The van der Waals surface area contributed by atoms with Gasteiger partial charge in [-0.25, -0.2) is 14.0 Å². The van der Waals surface area contributed by atoms with E-state index >= 15 is 0 Å². The summed E-state index contributed by atoms with van der Waals surface area (Å²) < 4.78 is 22.5. The van der Waals surface area contributed by atoms with Gasteiger partial charge in [-0.15, -0.1) is 0 Å². The second kappa shape index (κ2) is 7.40. The summed E-state index contributed by atoms with van der Waals surface area (Å²) in [7, 11) is 1.35. The molecule has 0 aliphatic rings. The standard InChI is InChI=1S/C14H15FN4O5S/c1-14(23,11(20)21)6-16-12(22)18-13-17-10(19-25-13)7-3-4-9(24-2)8(15)5-7/h3-5,23H,6H2,1-2H3,(H,20,21)(H2,16,17,18,19,22). The van der Waals surface area contributed by atoms with Crippen LogP contribution in [-0.2, 0) is 4.79 Å². The fourth-order valence-corrected chi connectivity index (χ4v) is 2.25. The molecule has 134 valence electrons. The Hall–Kier alpha value is -2.79. The molecular weight excluding hydrogens is 355 g/mol. The van der Waals surface area contributed by atoms with Crippen molar-refractivity contribution in [2.75, 3.05) is 19.0 Å². The van der Waals surface area contributed by atoms with Crippen molar-refractivity contribution in [3.05, 3.63) is 24.0 Å². The van der Waals surface area contributed by atoms with Gasteiger partial charge in [0, 0.05) is 17.1 Å². The summed E-state index contributed by atoms with van der Waals surface area (Å²) in [5, 5.41) is 23.0. The molecule has 0 bridgehead atoms. The fraction of sp³-hybridized carbons (Fsp3) is 0.286. The first-order chi connectivity index (χ1) is 11.7. The molecule has 25 heavy (non-hydrogen) atoms. The maximum absolute atomic E-state index is 13.7. The highest BCUT2D eigenvalue weighted by atomic mass is 32.1. The van der Waals surface area contributed by atoms with Crippen LogP contribution in [-0.4, -0.2) is 50.8 Å². The zero-order valence-electron chi connectivity index (χ0n) is 13.2. The van der Waals surface area contributed by atoms with Crippen LogP contribution >= 0.6 is 11.5 Å². The number of carbonyl (C=O) groups is 2. The van der Waals surface area contributed by atoms with Crippen LogP contribution in [0.3, 0.4) is 0 Å². The van der Waals surface area contributed by atoms with Gasteiger partial charge in [-0.1, -0.05) is 0 Å². The van der Waals surface area contributed by atoms with Crippen molar-refractivity contribution >= 4 is 28.7 Å². The van der Waals surface area contributed by atoms with Gasteiger partial charge in [-0.3, -0.25) is 5.32 Å². The first kappa shape index (κ1) is 18.5. The Morgan fingerprint density at radius 2 is 2.16 bits per heavy atom. The zero-order chi connectivity index (χ0) is 18.6. The summed E-state index contributed by atoms with van der Waals surface area (Å²) in [6, 6.07) is 3.44. The smallest absolute Gasteiger partial charge is 0.337 e. The molecule has 2 amide bonds. The molecule has 1 heterocycles. The Morgan fingerprint density at radius 3 is 2.76 bits per heavy atom. The highest BCUT2D eigenvalue weighted by Gasteiger charge is 2.30. The third kappa shape index (κ3) is 4.61. The van der Waals surface area contributed by atoms with Gasteiger partial charge in [-0.05, 0) is 25.1 Å². The van der Waals surface area contributed by atoms with Crippen molar-refractivity contribution in [3.8, 4) is 17.1 Å². The number of urea groups is 1. The number of benzene rings is 1. The molecule has 9 nitrogen and oxygen atoms in total. The number of aliphatic hydroxyl groups is 1. The van der Waals surface area contributed by atoms with Crippen molar-refractivity contribution in [1.82, 2.24) is 14.7 Å². The van der Waals surface area contributed by atoms with Crippen LogP contribution in [0.25, 0.3) is 11.4 Å². The van der Waals surface area contributed by atoms with E-state index in [4.69, 9.17) is 9.84 Å². The molecule has 0 radical (unpaired) electrons. The highest BCUT2D eigenvalue weighted by Crippen LogP contribution is 2.25.